The lowest BCUT2D eigenvalue weighted by Crippen LogP contribution is -2.19. The molecule has 1 saturated heterocycles. The molecule has 1 aliphatic heterocycles. The molecule has 1 heterocycles. The number of halogens is 1. The third kappa shape index (κ3) is 3.47. The summed E-state index contributed by atoms with van der Waals surface area (Å²) in [5.41, 5.74) is 2.61. The van der Waals surface area contributed by atoms with E-state index >= 15 is 0 Å². The van der Waals surface area contributed by atoms with Crippen LogP contribution in [0, 0.1) is 6.92 Å². The van der Waals surface area contributed by atoms with Crippen LogP contribution in [0.2, 0.25) is 5.02 Å². The number of aryl methyl sites for hydroxylation is 1. The fourth-order valence-corrected chi connectivity index (χ4v) is 2.85. The maximum atomic E-state index is 6.09. The molecule has 1 aromatic carbocycles. The van der Waals surface area contributed by atoms with Crippen molar-refractivity contribution in [3.63, 3.8) is 0 Å². The number of rotatable bonds is 5. The Labute approximate surface area is 115 Å². The van der Waals surface area contributed by atoms with E-state index in [1.54, 1.807) is 0 Å². The molecule has 2 atom stereocenters. The minimum atomic E-state index is 0.368. The van der Waals surface area contributed by atoms with Crippen molar-refractivity contribution in [1.82, 2.24) is 5.32 Å². The van der Waals surface area contributed by atoms with Crippen LogP contribution in [0.4, 0.5) is 0 Å². The number of nitrogens with one attached hydrogen (secondary N) is 1. The summed E-state index contributed by atoms with van der Waals surface area (Å²) in [5, 5.41) is 4.21. The molecule has 0 aliphatic carbocycles. The first-order valence-electron chi connectivity index (χ1n) is 6.75. The Balaban J connectivity index is 2.00. The summed E-state index contributed by atoms with van der Waals surface area (Å²) in [6, 6.07) is 6.49. The van der Waals surface area contributed by atoms with Crippen molar-refractivity contribution < 1.29 is 4.74 Å². The van der Waals surface area contributed by atoms with Crippen molar-refractivity contribution in [2.45, 2.75) is 44.8 Å². The molecule has 3 heteroatoms. The molecule has 18 heavy (non-hydrogen) atoms. The Hall–Kier alpha value is -0.570. The van der Waals surface area contributed by atoms with E-state index in [4.69, 9.17) is 16.3 Å². The van der Waals surface area contributed by atoms with Crippen molar-refractivity contribution in [2.24, 2.45) is 0 Å². The average Bonchev–Trinajstić information content (AvgIpc) is 2.87. The molecule has 2 nitrogen and oxygen atoms in total. The first kappa shape index (κ1) is 13.9. The molecular weight excluding hydrogens is 246 g/mol. The second-order valence-electron chi connectivity index (χ2n) is 5.05. The van der Waals surface area contributed by atoms with Crippen LogP contribution in [0.15, 0.2) is 18.2 Å². The second-order valence-corrected chi connectivity index (χ2v) is 5.49. The first-order chi connectivity index (χ1) is 8.70. The van der Waals surface area contributed by atoms with Gasteiger partial charge in [-0.3, -0.25) is 0 Å². The third-order valence-electron chi connectivity index (χ3n) is 3.77. The van der Waals surface area contributed by atoms with Crippen LogP contribution < -0.4 is 5.32 Å². The molecule has 1 N–H and O–H groups in total. The van der Waals surface area contributed by atoms with Crippen LogP contribution in [0.3, 0.4) is 0 Å². The van der Waals surface area contributed by atoms with Crippen LogP contribution in [-0.4, -0.2) is 19.8 Å². The summed E-state index contributed by atoms with van der Waals surface area (Å²) < 4.78 is 5.68. The summed E-state index contributed by atoms with van der Waals surface area (Å²) in [7, 11) is 2.01. The summed E-state index contributed by atoms with van der Waals surface area (Å²) in [6.45, 7) is 3.08. The van der Waals surface area contributed by atoms with Gasteiger partial charge in [0.15, 0.2) is 0 Å². The molecule has 0 bridgehead atoms. The molecule has 0 spiro atoms. The zero-order valence-corrected chi connectivity index (χ0v) is 12.0. The number of ether oxygens (including phenoxy) is 1. The summed E-state index contributed by atoms with van der Waals surface area (Å²) >= 11 is 6.09. The lowest BCUT2D eigenvalue weighted by molar-refractivity contribution is 0.0998. The summed E-state index contributed by atoms with van der Waals surface area (Å²) in [6.07, 6.45) is 5.11. The van der Waals surface area contributed by atoms with Crippen molar-refractivity contribution >= 4 is 11.6 Å². The van der Waals surface area contributed by atoms with Crippen molar-refractivity contribution in [3.8, 4) is 0 Å². The van der Waals surface area contributed by atoms with Crippen LogP contribution in [-0.2, 0) is 4.74 Å². The van der Waals surface area contributed by atoms with Gasteiger partial charge in [0.05, 0.1) is 6.10 Å². The molecule has 0 saturated carbocycles. The molecule has 100 valence electrons. The SMILES string of the molecule is CNC(CCC1CCCO1)c1cc(Cl)ccc1C. The topological polar surface area (TPSA) is 21.3 Å². The molecular formula is C15H22ClNO. The zero-order chi connectivity index (χ0) is 13.0. The smallest absolute Gasteiger partial charge is 0.0576 e. The maximum Gasteiger partial charge on any atom is 0.0576 e. The van der Waals surface area contributed by atoms with Gasteiger partial charge in [-0.15, -0.1) is 0 Å². The number of hydrogen-bond donors (Lipinski definition) is 1. The lowest BCUT2D eigenvalue weighted by atomic mass is 9.96. The van der Waals surface area contributed by atoms with Crippen LogP contribution in [0.25, 0.3) is 0 Å². The van der Waals surface area contributed by atoms with Gasteiger partial charge in [-0.2, -0.15) is 0 Å². The van der Waals surface area contributed by atoms with Crippen LogP contribution in [0.1, 0.15) is 42.9 Å². The van der Waals surface area contributed by atoms with Gasteiger partial charge in [-0.25, -0.2) is 0 Å². The normalized spacial score (nSPS) is 21.2. The molecule has 1 aliphatic rings. The minimum absolute atomic E-state index is 0.368. The van der Waals surface area contributed by atoms with Gasteiger partial charge in [0.25, 0.3) is 0 Å². The van der Waals surface area contributed by atoms with Gasteiger partial charge in [-0.1, -0.05) is 17.7 Å². The predicted octanol–water partition coefficient (Wildman–Crippen LogP) is 3.87. The van der Waals surface area contributed by atoms with E-state index in [0.29, 0.717) is 12.1 Å². The molecule has 0 aromatic heterocycles. The predicted molar refractivity (Wildman–Crippen MR) is 76.2 cm³/mol. The number of benzene rings is 1. The largest absolute Gasteiger partial charge is 0.378 e. The Morgan fingerprint density at radius 2 is 2.33 bits per heavy atom. The number of hydrogen-bond acceptors (Lipinski definition) is 2. The van der Waals surface area contributed by atoms with Gasteiger partial charge in [0.2, 0.25) is 0 Å². The fourth-order valence-electron chi connectivity index (χ4n) is 2.67. The highest BCUT2D eigenvalue weighted by molar-refractivity contribution is 6.30. The van der Waals surface area contributed by atoms with E-state index in [-0.39, 0.29) is 0 Å². The highest BCUT2D eigenvalue weighted by Crippen LogP contribution is 2.27. The van der Waals surface area contributed by atoms with Crippen molar-refractivity contribution in [3.05, 3.63) is 34.3 Å². The first-order valence-corrected chi connectivity index (χ1v) is 7.13. The Bertz CT molecular complexity index is 388. The average molecular weight is 268 g/mol. The van der Waals surface area contributed by atoms with Gasteiger partial charge in [0.1, 0.15) is 0 Å². The van der Waals surface area contributed by atoms with E-state index < -0.39 is 0 Å². The second kappa shape index (κ2) is 6.55. The quantitative estimate of drug-likeness (QED) is 0.875. The fraction of sp³-hybridized carbons (Fsp3) is 0.600. The summed E-state index contributed by atoms with van der Waals surface area (Å²) in [4.78, 5) is 0. The van der Waals surface area contributed by atoms with Crippen molar-refractivity contribution in [1.29, 1.82) is 0 Å². The van der Waals surface area contributed by atoms with Gasteiger partial charge in [-0.05, 0) is 62.9 Å². The minimum Gasteiger partial charge on any atom is -0.378 e. The maximum absolute atomic E-state index is 6.09. The Morgan fingerprint density at radius 3 is 3.00 bits per heavy atom. The highest BCUT2D eigenvalue weighted by atomic mass is 35.5. The molecule has 0 amide bonds. The van der Waals surface area contributed by atoms with Crippen molar-refractivity contribution in [2.75, 3.05) is 13.7 Å². The van der Waals surface area contributed by atoms with Gasteiger partial charge in [0, 0.05) is 17.7 Å². The standard InChI is InChI=1S/C15H22ClNO/c1-11-5-6-12(16)10-14(11)15(17-2)8-7-13-4-3-9-18-13/h5-6,10,13,15,17H,3-4,7-9H2,1-2H3. The van der Waals surface area contributed by atoms with E-state index in [0.717, 1.165) is 24.5 Å². The zero-order valence-electron chi connectivity index (χ0n) is 11.2. The summed E-state index contributed by atoms with van der Waals surface area (Å²) in [5.74, 6) is 0. The van der Waals surface area contributed by atoms with E-state index in [2.05, 4.69) is 24.4 Å². The molecule has 0 radical (unpaired) electrons. The van der Waals surface area contributed by atoms with Gasteiger partial charge >= 0.3 is 0 Å². The van der Waals surface area contributed by atoms with Crippen LogP contribution in [0.5, 0.6) is 0 Å². The highest BCUT2D eigenvalue weighted by Gasteiger charge is 2.19. The molecule has 2 unspecified atom stereocenters. The van der Waals surface area contributed by atoms with Gasteiger partial charge < -0.3 is 10.1 Å². The molecule has 1 aromatic rings. The monoisotopic (exact) mass is 267 g/mol. The lowest BCUT2D eigenvalue weighted by Gasteiger charge is -2.20. The third-order valence-corrected chi connectivity index (χ3v) is 4.00. The van der Waals surface area contributed by atoms with E-state index in [1.807, 2.05) is 13.1 Å². The van der Waals surface area contributed by atoms with E-state index in [9.17, 15) is 0 Å². The molecule has 1 fully saturated rings. The Morgan fingerprint density at radius 1 is 1.50 bits per heavy atom. The van der Waals surface area contributed by atoms with E-state index in [1.165, 1.54) is 24.0 Å². The Kier molecular flexibility index (Phi) is 5.04. The van der Waals surface area contributed by atoms with Crippen LogP contribution >= 0.6 is 11.6 Å². The molecule has 2 rings (SSSR count).